The van der Waals surface area contributed by atoms with Gasteiger partial charge in [-0.3, -0.25) is 4.79 Å². The third-order valence-electron chi connectivity index (χ3n) is 4.54. The first-order valence-corrected chi connectivity index (χ1v) is 10.5. The monoisotopic (exact) mass is 420 g/mol. The van der Waals surface area contributed by atoms with E-state index in [2.05, 4.69) is 5.32 Å². The topological polar surface area (TPSA) is 94.2 Å². The average molecular weight is 420 g/mol. The van der Waals surface area contributed by atoms with Gasteiger partial charge in [-0.25, -0.2) is 8.42 Å². The zero-order valence-corrected chi connectivity index (χ0v) is 17.2. The average Bonchev–Trinajstić information content (AvgIpc) is 2.75. The molecule has 1 fully saturated rings. The Balaban J connectivity index is 1.83. The summed E-state index contributed by atoms with van der Waals surface area (Å²) in [6.45, 7) is 1.70. The molecule has 0 aromatic heterocycles. The number of methoxy groups -OCH3 is 2. The summed E-state index contributed by atoms with van der Waals surface area (Å²) in [7, 11) is -0.762. The highest BCUT2D eigenvalue weighted by molar-refractivity contribution is 7.89. The third-order valence-corrected chi connectivity index (χ3v) is 6.46. The molecule has 1 heterocycles. The Morgan fingerprint density at radius 2 is 1.79 bits per heavy atom. The first-order chi connectivity index (χ1) is 14.0. The zero-order valence-electron chi connectivity index (χ0n) is 16.4. The lowest BCUT2D eigenvalue weighted by Gasteiger charge is -2.26. The molecule has 3 rings (SSSR count). The van der Waals surface area contributed by atoms with Gasteiger partial charge in [-0.2, -0.15) is 4.31 Å². The van der Waals surface area contributed by atoms with Crippen molar-refractivity contribution in [1.82, 2.24) is 4.31 Å². The standard InChI is InChI=1S/C20H24N2O6S/c1-26-14-15-3-5-16(6-4-15)20(23)21-17-7-8-18(27-2)19(13-17)29(24,25)22-9-11-28-12-10-22/h3-8,13H,9-12,14H2,1-2H3,(H,21,23). The zero-order chi connectivity index (χ0) is 20.9. The molecule has 1 aliphatic heterocycles. The Morgan fingerprint density at radius 1 is 1.10 bits per heavy atom. The van der Waals surface area contributed by atoms with Crippen molar-refractivity contribution < 1.29 is 27.4 Å². The molecule has 1 N–H and O–H groups in total. The van der Waals surface area contributed by atoms with Crippen molar-refractivity contribution in [3.8, 4) is 5.75 Å². The fourth-order valence-electron chi connectivity index (χ4n) is 3.00. The number of ether oxygens (including phenoxy) is 3. The molecule has 29 heavy (non-hydrogen) atoms. The summed E-state index contributed by atoms with van der Waals surface area (Å²) in [4.78, 5) is 12.6. The van der Waals surface area contributed by atoms with E-state index in [-0.39, 0.29) is 29.6 Å². The number of nitrogens with zero attached hydrogens (tertiary/aromatic N) is 1. The van der Waals surface area contributed by atoms with Crippen LogP contribution in [-0.2, 0) is 26.1 Å². The van der Waals surface area contributed by atoms with E-state index in [1.165, 1.54) is 23.5 Å². The molecule has 0 bridgehead atoms. The van der Waals surface area contributed by atoms with Gasteiger partial charge in [0, 0.05) is 31.5 Å². The van der Waals surface area contributed by atoms with Crippen LogP contribution >= 0.6 is 0 Å². The summed E-state index contributed by atoms with van der Waals surface area (Å²) < 4.78 is 43.0. The van der Waals surface area contributed by atoms with Crippen LogP contribution in [0.1, 0.15) is 15.9 Å². The van der Waals surface area contributed by atoms with E-state index in [4.69, 9.17) is 14.2 Å². The van der Waals surface area contributed by atoms with Crippen molar-refractivity contribution in [2.45, 2.75) is 11.5 Å². The lowest BCUT2D eigenvalue weighted by molar-refractivity contribution is 0.0729. The number of benzene rings is 2. The molecule has 0 saturated carbocycles. The predicted octanol–water partition coefficient (Wildman–Crippen LogP) is 2.11. The number of nitrogens with one attached hydrogen (secondary N) is 1. The van der Waals surface area contributed by atoms with E-state index >= 15 is 0 Å². The quantitative estimate of drug-likeness (QED) is 0.737. The molecule has 2 aromatic carbocycles. The SMILES string of the molecule is COCc1ccc(C(=O)Nc2ccc(OC)c(S(=O)(=O)N3CCOCC3)c2)cc1. The van der Waals surface area contributed by atoms with Crippen LogP contribution in [0.15, 0.2) is 47.4 Å². The van der Waals surface area contributed by atoms with E-state index in [0.29, 0.717) is 31.1 Å². The molecule has 1 aliphatic rings. The van der Waals surface area contributed by atoms with Gasteiger partial charge in [0.1, 0.15) is 10.6 Å². The minimum Gasteiger partial charge on any atom is -0.495 e. The number of hydrogen-bond acceptors (Lipinski definition) is 6. The summed E-state index contributed by atoms with van der Waals surface area (Å²) in [5, 5.41) is 2.74. The molecule has 2 aromatic rings. The van der Waals surface area contributed by atoms with Crippen molar-refractivity contribution >= 4 is 21.6 Å². The summed E-state index contributed by atoms with van der Waals surface area (Å²) in [6, 6.07) is 11.6. The largest absolute Gasteiger partial charge is 0.495 e. The summed E-state index contributed by atoms with van der Waals surface area (Å²) >= 11 is 0. The van der Waals surface area contributed by atoms with Gasteiger partial charge >= 0.3 is 0 Å². The molecule has 156 valence electrons. The van der Waals surface area contributed by atoms with E-state index in [1.807, 2.05) is 0 Å². The highest BCUT2D eigenvalue weighted by Gasteiger charge is 2.29. The summed E-state index contributed by atoms with van der Waals surface area (Å²) in [6.07, 6.45) is 0. The van der Waals surface area contributed by atoms with Gasteiger partial charge in [-0.05, 0) is 35.9 Å². The number of amides is 1. The van der Waals surface area contributed by atoms with Crippen LogP contribution in [0.5, 0.6) is 5.75 Å². The fourth-order valence-corrected chi connectivity index (χ4v) is 4.59. The molecule has 0 radical (unpaired) electrons. The second-order valence-corrected chi connectivity index (χ2v) is 8.37. The highest BCUT2D eigenvalue weighted by Crippen LogP contribution is 2.30. The maximum Gasteiger partial charge on any atom is 0.255 e. The fraction of sp³-hybridized carbons (Fsp3) is 0.350. The lowest BCUT2D eigenvalue weighted by atomic mass is 10.1. The van der Waals surface area contributed by atoms with Crippen LogP contribution in [0.25, 0.3) is 0 Å². The van der Waals surface area contributed by atoms with Gasteiger partial charge in [0.2, 0.25) is 10.0 Å². The molecule has 1 saturated heterocycles. The molecule has 0 spiro atoms. The van der Waals surface area contributed by atoms with Crippen molar-refractivity contribution in [3.05, 3.63) is 53.6 Å². The Bertz CT molecular complexity index is 953. The smallest absolute Gasteiger partial charge is 0.255 e. The Kier molecular flexibility index (Phi) is 6.86. The summed E-state index contributed by atoms with van der Waals surface area (Å²) in [5.41, 5.74) is 1.77. The van der Waals surface area contributed by atoms with Crippen LogP contribution < -0.4 is 10.1 Å². The number of anilines is 1. The second kappa shape index (κ2) is 9.36. The minimum absolute atomic E-state index is 0.00939. The van der Waals surface area contributed by atoms with E-state index in [1.54, 1.807) is 37.4 Å². The van der Waals surface area contributed by atoms with Crippen molar-refractivity contribution in [3.63, 3.8) is 0 Å². The van der Waals surface area contributed by atoms with Crippen LogP contribution in [0.2, 0.25) is 0 Å². The molecule has 9 heteroatoms. The van der Waals surface area contributed by atoms with Gasteiger partial charge in [0.05, 0.1) is 26.9 Å². The number of hydrogen-bond donors (Lipinski definition) is 1. The number of carbonyl (C=O) groups excluding carboxylic acids is 1. The lowest BCUT2D eigenvalue weighted by Crippen LogP contribution is -2.40. The van der Waals surface area contributed by atoms with Crippen molar-refractivity contribution in [1.29, 1.82) is 0 Å². The Hall–Kier alpha value is -2.46. The van der Waals surface area contributed by atoms with Crippen LogP contribution in [-0.4, -0.2) is 59.2 Å². The first-order valence-electron chi connectivity index (χ1n) is 9.11. The Morgan fingerprint density at radius 3 is 2.41 bits per heavy atom. The second-order valence-electron chi connectivity index (χ2n) is 6.47. The molecule has 8 nitrogen and oxygen atoms in total. The molecule has 0 atom stereocenters. The van der Waals surface area contributed by atoms with E-state index < -0.39 is 10.0 Å². The minimum atomic E-state index is -3.78. The number of rotatable bonds is 7. The molecule has 0 aliphatic carbocycles. The molecular weight excluding hydrogens is 396 g/mol. The van der Waals surface area contributed by atoms with Gasteiger partial charge in [0.15, 0.2) is 0 Å². The van der Waals surface area contributed by atoms with Crippen LogP contribution in [0.3, 0.4) is 0 Å². The van der Waals surface area contributed by atoms with E-state index in [0.717, 1.165) is 5.56 Å². The molecule has 0 unspecified atom stereocenters. The number of carbonyl (C=O) groups is 1. The summed E-state index contributed by atoms with van der Waals surface area (Å²) in [5.74, 6) is -0.118. The predicted molar refractivity (Wildman–Crippen MR) is 108 cm³/mol. The van der Waals surface area contributed by atoms with Crippen LogP contribution in [0, 0.1) is 0 Å². The number of sulfonamides is 1. The van der Waals surface area contributed by atoms with Crippen molar-refractivity contribution in [2.75, 3.05) is 45.8 Å². The first kappa shape index (κ1) is 21.3. The number of morpholine rings is 1. The van der Waals surface area contributed by atoms with Gasteiger partial charge < -0.3 is 19.5 Å². The van der Waals surface area contributed by atoms with Gasteiger partial charge in [-0.15, -0.1) is 0 Å². The highest BCUT2D eigenvalue weighted by atomic mass is 32.2. The molecular formula is C20H24N2O6S. The Labute approximate surface area is 170 Å². The molecule has 1 amide bonds. The van der Waals surface area contributed by atoms with Gasteiger partial charge in [-0.1, -0.05) is 12.1 Å². The van der Waals surface area contributed by atoms with Crippen LogP contribution in [0.4, 0.5) is 5.69 Å². The van der Waals surface area contributed by atoms with Crippen molar-refractivity contribution in [2.24, 2.45) is 0 Å². The maximum absolute atomic E-state index is 13.0. The third kappa shape index (κ3) is 4.94. The maximum atomic E-state index is 13.0. The van der Waals surface area contributed by atoms with Gasteiger partial charge in [0.25, 0.3) is 5.91 Å². The normalized spacial score (nSPS) is 15.1. The van der Waals surface area contributed by atoms with E-state index in [9.17, 15) is 13.2 Å².